The summed E-state index contributed by atoms with van der Waals surface area (Å²) in [5.41, 5.74) is 7.03. The number of hydrogen-bond acceptors (Lipinski definition) is 4. The van der Waals surface area contributed by atoms with Crippen LogP contribution in [0, 0.1) is 0 Å². The van der Waals surface area contributed by atoms with E-state index >= 15 is 0 Å². The number of esters is 1. The predicted molar refractivity (Wildman–Crippen MR) is 67.4 cm³/mol. The van der Waals surface area contributed by atoms with Crippen molar-refractivity contribution in [3.63, 3.8) is 0 Å². The molecule has 0 heterocycles. The molecule has 0 amide bonds. The summed E-state index contributed by atoms with van der Waals surface area (Å²) in [5.74, 6) is 0.442. The van der Waals surface area contributed by atoms with E-state index in [1.165, 1.54) is 7.11 Å². The van der Waals surface area contributed by atoms with Crippen LogP contribution in [-0.2, 0) is 9.53 Å². The van der Waals surface area contributed by atoms with E-state index in [0.717, 1.165) is 16.3 Å². The highest BCUT2D eigenvalue weighted by atomic mass is 32.2. The summed E-state index contributed by atoms with van der Waals surface area (Å²) in [5, 5.41) is 0. The highest BCUT2D eigenvalue weighted by Gasteiger charge is 2.01. The van der Waals surface area contributed by atoms with Gasteiger partial charge in [0.1, 0.15) is 0 Å². The van der Waals surface area contributed by atoms with Crippen molar-refractivity contribution in [3.05, 3.63) is 35.9 Å². The number of nitrogen functional groups attached to an aromatic ring is 1. The third-order valence-electron chi connectivity index (χ3n) is 2.00. The van der Waals surface area contributed by atoms with E-state index in [4.69, 9.17) is 5.73 Å². The second-order valence-electron chi connectivity index (χ2n) is 3.26. The number of benzene rings is 1. The van der Waals surface area contributed by atoms with Crippen LogP contribution in [0.5, 0.6) is 0 Å². The maximum Gasteiger partial charge on any atom is 0.333 e. The van der Waals surface area contributed by atoms with Crippen molar-refractivity contribution in [3.8, 4) is 0 Å². The molecule has 0 radical (unpaired) electrons. The van der Waals surface area contributed by atoms with Crippen LogP contribution in [0.3, 0.4) is 0 Å². The number of carbonyl (C=O) groups excluding carboxylic acids is 1. The number of carbonyl (C=O) groups is 1. The van der Waals surface area contributed by atoms with E-state index in [1.807, 2.05) is 30.3 Å². The number of hydrogen-bond donors (Lipinski definition) is 1. The largest absolute Gasteiger partial charge is 0.466 e. The van der Waals surface area contributed by atoms with Gasteiger partial charge in [0.2, 0.25) is 0 Å². The van der Waals surface area contributed by atoms with Gasteiger partial charge in [0.25, 0.3) is 0 Å². The Balaban J connectivity index is 2.50. The zero-order valence-electron chi connectivity index (χ0n) is 9.40. The number of ether oxygens (including phenoxy) is 1. The molecule has 2 N–H and O–H groups in total. The molecule has 0 saturated heterocycles. The first-order valence-electron chi connectivity index (χ1n) is 4.87. The second-order valence-corrected chi connectivity index (χ2v) is 4.36. The van der Waals surface area contributed by atoms with Crippen molar-refractivity contribution in [2.45, 2.75) is 11.8 Å². The fourth-order valence-electron chi connectivity index (χ4n) is 1.11. The van der Waals surface area contributed by atoms with Gasteiger partial charge < -0.3 is 10.5 Å². The lowest BCUT2D eigenvalue weighted by Crippen LogP contribution is -2.01. The highest BCUT2D eigenvalue weighted by Crippen LogP contribution is 2.20. The number of thioether (sulfide) groups is 1. The van der Waals surface area contributed by atoms with Crippen molar-refractivity contribution >= 4 is 23.4 Å². The topological polar surface area (TPSA) is 52.3 Å². The smallest absolute Gasteiger partial charge is 0.333 e. The Kier molecular flexibility index (Phi) is 4.92. The summed E-state index contributed by atoms with van der Waals surface area (Å²) < 4.78 is 4.60. The van der Waals surface area contributed by atoms with E-state index in [2.05, 4.69) is 4.74 Å². The Labute approximate surface area is 99.7 Å². The standard InChI is InChI=1S/C12H15NO2S/c1-9(12(14)15-2)6-7-16-11-5-3-4-10(13)8-11/h3-6,8H,7,13H2,1-2H3. The minimum atomic E-state index is -0.284. The molecule has 1 rings (SSSR count). The zero-order chi connectivity index (χ0) is 12.0. The Bertz CT molecular complexity index is 402. The molecule has 0 aliphatic heterocycles. The fraction of sp³-hybridized carbons (Fsp3) is 0.250. The maximum absolute atomic E-state index is 11.1. The molecule has 0 aromatic heterocycles. The average molecular weight is 237 g/mol. The van der Waals surface area contributed by atoms with Crippen LogP contribution in [-0.4, -0.2) is 18.8 Å². The molecule has 0 saturated carbocycles. The molecule has 0 atom stereocenters. The van der Waals surface area contributed by atoms with Crippen molar-refractivity contribution in [2.24, 2.45) is 0 Å². The summed E-state index contributed by atoms with van der Waals surface area (Å²) in [7, 11) is 1.38. The van der Waals surface area contributed by atoms with Gasteiger partial charge in [0.05, 0.1) is 7.11 Å². The second kappa shape index (κ2) is 6.23. The van der Waals surface area contributed by atoms with Gasteiger partial charge in [-0.15, -0.1) is 11.8 Å². The van der Waals surface area contributed by atoms with E-state index in [9.17, 15) is 4.79 Å². The quantitative estimate of drug-likeness (QED) is 0.378. The lowest BCUT2D eigenvalue weighted by atomic mass is 10.3. The monoisotopic (exact) mass is 237 g/mol. The van der Waals surface area contributed by atoms with E-state index in [-0.39, 0.29) is 5.97 Å². The Hall–Kier alpha value is -1.42. The number of methoxy groups -OCH3 is 1. The summed E-state index contributed by atoms with van der Waals surface area (Å²) >= 11 is 1.63. The number of anilines is 1. The Morgan fingerprint density at radius 1 is 1.56 bits per heavy atom. The molecule has 0 aliphatic rings. The van der Waals surface area contributed by atoms with Crippen LogP contribution in [0.4, 0.5) is 5.69 Å². The minimum Gasteiger partial charge on any atom is -0.466 e. The van der Waals surface area contributed by atoms with Gasteiger partial charge in [-0.25, -0.2) is 4.79 Å². The first-order chi connectivity index (χ1) is 7.63. The molecular formula is C12H15NO2S. The molecule has 0 unspecified atom stereocenters. The first-order valence-corrected chi connectivity index (χ1v) is 5.85. The third kappa shape index (κ3) is 3.98. The van der Waals surface area contributed by atoms with Crippen molar-refractivity contribution in [1.82, 2.24) is 0 Å². The summed E-state index contributed by atoms with van der Waals surface area (Å²) in [6.07, 6.45) is 1.85. The molecule has 1 aromatic carbocycles. The summed E-state index contributed by atoms with van der Waals surface area (Å²) in [6, 6.07) is 7.66. The van der Waals surface area contributed by atoms with Gasteiger partial charge in [-0.05, 0) is 25.1 Å². The molecular weight excluding hydrogens is 222 g/mol. The zero-order valence-corrected chi connectivity index (χ0v) is 10.2. The van der Waals surface area contributed by atoms with E-state index in [1.54, 1.807) is 18.7 Å². The van der Waals surface area contributed by atoms with E-state index in [0.29, 0.717) is 5.57 Å². The highest BCUT2D eigenvalue weighted by molar-refractivity contribution is 7.99. The normalized spacial score (nSPS) is 11.2. The molecule has 1 aromatic rings. The molecule has 86 valence electrons. The van der Waals surface area contributed by atoms with Gasteiger partial charge in [0, 0.05) is 21.9 Å². The molecule has 0 bridgehead atoms. The fourth-order valence-corrected chi connectivity index (χ4v) is 2.03. The molecule has 0 fully saturated rings. The van der Waals surface area contributed by atoms with Gasteiger partial charge in [-0.2, -0.15) is 0 Å². The number of nitrogens with two attached hydrogens (primary N) is 1. The lowest BCUT2D eigenvalue weighted by molar-refractivity contribution is -0.136. The van der Waals surface area contributed by atoms with Crippen LogP contribution in [0.15, 0.2) is 40.8 Å². The molecule has 0 spiro atoms. The molecule has 16 heavy (non-hydrogen) atoms. The number of rotatable bonds is 4. The van der Waals surface area contributed by atoms with E-state index < -0.39 is 0 Å². The van der Waals surface area contributed by atoms with Crippen LogP contribution < -0.4 is 5.73 Å². The third-order valence-corrected chi connectivity index (χ3v) is 2.93. The minimum absolute atomic E-state index is 0.284. The van der Waals surface area contributed by atoms with Crippen LogP contribution in [0.2, 0.25) is 0 Å². The van der Waals surface area contributed by atoms with Crippen molar-refractivity contribution in [1.29, 1.82) is 0 Å². The SMILES string of the molecule is COC(=O)C(C)=CCSc1cccc(N)c1. The van der Waals surface area contributed by atoms with Crippen LogP contribution in [0.1, 0.15) is 6.92 Å². The average Bonchev–Trinajstić information content (AvgIpc) is 2.28. The summed E-state index contributed by atoms with van der Waals surface area (Å²) in [6.45, 7) is 1.74. The predicted octanol–water partition coefficient (Wildman–Crippen LogP) is 2.48. The maximum atomic E-state index is 11.1. The lowest BCUT2D eigenvalue weighted by Gasteiger charge is -2.01. The molecule has 0 aliphatic carbocycles. The summed E-state index contributed by atoms with van der Waals surface area (Å²) in [4.78, 5) is 12.2. The van der Waals surface area contributed by atoms with Gasteiger partial charge in [-0.3, -0.25) is 0 Å². The Morgan fingerprint density at radius 2 is 2.31 bits per heavy atom. The van der Waals surface area contributed by atoms with Gasteiger partial charge >= 0.3 is 5.97 Å². The van der Waals surface area contributed by atoms with Gasteiger partial charge in [0.15, 0.2) is 0 Å². The van der Waals surface area contributed by atoms with Crippen molar-refractivity contribution < 1.29 is 9.53 Å². The van der Waals surface area contributed by atoms with Crippen LogP contribution >= 0.6 is 11.8 Å². The van der Waals surface area contributed by atoms with Gasteiger partial charge in [-0.1, -0.05) is 12.1 Å². The van der Waals surface area contributed by atoms with Crippen LogP contribution in [0.25, 0.3) is 0 Å². The first kappa shape index (κ1) is 12.6. The van der Waals surface area contributed by atoms with Crippen molar-refractivity contribution in [2.75, 3.05) is 18.6 Å². The Morgan fingerprint density at radius 3 is 2.94 bits per heavy atom. The molecule has 4 heteroatoms. The molecule has 3 nitrogen and oxygen atoms in total.